The van der Waals surface area contributed by atoms with Crippen LogP contribution in [0.1, 0.15) is 24.1 Å². The molecule has 0 aromatic carbocycles. The summed E-state index contributed by atoms with van der Waals surface area (Å²) in [6.45, 7) is 5.58. The van der Waals surface area contributed by atoms with Gasteiger partial charge in [-0.2, -0.15) is 5.10 Å². The summed E-state index contributed by atoms with van der Waals surface area (Å²) in [6, 6.07) is 0. The number of aliphatic hydroxyl groups excluding tert-OH is 1. The first-order valence-corrected chi connectivity index (χ1v) is 6.01. The van der Waals surface area contributed by atoms with Crippen molar-refractivity contribution in [2.45, 2.75) is 26.3 Å². The largest absolute Gasteiger partial charge is 0.396 e. The molecule has 0 aliphatic carbocycles. The van der Waals surface area contributed by atoms with E-state index in [0.29, 0.717) is 12.5 Å². The number of aryl methyl sites for hydroxylation is 2. The van der Waals surface area contributed by atoms with Gasteiger partial charge in [0.25, 0.3) is 0 Å². The fraction of sp³-hybridized carbons (Fsp3) is 0.750. The maximum absolute atomic E-state index is 9.08. The average molecular weight is 223 g/mol. The van der Waals surface area contributed by atoms with Crippen LogP contribution in [0.4, 0.5) is 0 Å². The van der Waals surface area contributed by atoms with E-state index in [4.69, 9.17) is 5.11 Å². The molecular weight excluding hydrogens is 202 g/mol. The third kappa shape index (κ3) is 2.62. The third-order valence-electron chi connectivity index (χ3n) is 3.45. The van der Waals surface area contributed by atoms with Gasteiger partial charge in [-0.25, -0.2) is 0 Å². The zero-order valence-corrected chi connectivity index (χ0v) is 10.2. The van der Waals surface area contributed by atoms with Gasteiger partial charge in [0, 0.05) is 26.4 Å². The molecule has 90 valence electrons. The zero-order valence-electron chi connectivity index (χ0n) is 10.2. The van der Waals surface area contributed by atoms with Gasteiger partial charge in [-0.1, -0.05) is 0 Å². The lowest BCUT2D eigenvalue weighted by Gasteiger charge is -2.30. The maximum atomic E-state index is 9.08. The fourth-order valence-corrected chi connectivity index (χ4v) is 2.35. The van der Waals surface area contributed by atoms with E-state index in [-0.39, 0.29) is 0 Å². The van der Waals surface area contributed by atoms with Gasteiger partial charge in [0.1, 0.15) is 0 Å². The van der Waals surface area contributed by atoms with Crippen LogP contribution in [0.25, 0.3) is 0 Å². The number of nitrogens with zero attached hydrogens (tertiary/aromatic N) is 3. The van der Waals surface area contributed by atoms with E-state index in [1.165, 1.54) is 11.3 Å². The molecular formula is C12H21N3O. The van der Waals surface area contributed by atoms with Crippen LogP contribution >= 0.6 is 0 Å². The van der Waals surface area contributed by atoms with Crippen LogP contribution in [0.3, 0.4) is 0 Å². The molecule has 0 saturated carbocycles. The van der Waals surface area contributed by atoms with Gasteiger partial charge >= 0.3 is 0 Å². The molecule has 1 aliphatic heterocycles. The standard InChI is InChI=1S/C12H21N3O/c1-10-7-14(2)13-12(10)8-15-5-3-11(9-16)4-6-15/h7,11,16H,3-6,8-9H2,1-2H3. The molecule has 0 unspecified atom stereocenters. The molecule has 1 fully saturated rings. The van der Waals surface area contributed by atoms with Crippen molar-refractivity contribution >= 4 is 0 Å². The number of piperidine rings is 1. The van der Waals surface area contributed by atoms with Crippen molar-refractivity contribution in [2.75, 3.05) is 19.7 Å². The minimum Gasteiger partial charge on any atom is -0.396 e. The first-order chi connectivity index (χ1) is 7.69. The number of hydrogen-bond acceptors (Lipinski definition) is 3. The summed E-state index contributed by atoms with van der Waals surface area (Å²) in [5.74, 6) is 0.515. The molecule has 0 bridgehead atoms. The van der Waals surface area contributed by atoms with Crippen molar-refractivity contribution in [2.24, 2.45) is 13.0 Å². The van der Waals surface area contributed by atoms with Gasteiger partial charge in [0.2, 0.25) is 0 Å². The summed E-state index contributed by atoms with van der Waals surface area (Å²) in [4.78, 5) is 2.43. The maximum Gasteiger partial charge on any atom is 0.0793 e. The van der Waals surface area contributed by atoms with Crippen LogP contribution in [0.15, 0.2) is 6.20 Å². The van der Waals surface area contributed by atoms with E-state index in [0.717, 1.165) is 32.5 Å². The van der Waals surface area contributed by atoms with Crippen molar-refractivity contribution in [3.05, 3.63) is 17.5 Å². The van der Waals surface area contributed by atoms with Crippen LogP contribution < -0.4 is 0 Å². The zero-order chi connectivity index (χ0) is 11.5. The fourth-order valence-electron chi connectivity index (χ4n) is 2.35. The predicted molar refractivity (Wildman–Crippen MR) is 63.0 cm³/mol. The van der Waals surface area contributed by atoms with Crippen LogP contribution in [-0.4, -0.2) is 39.5 Å². The van der Waals surface area contributed by atoms with Gasteiger partial charge in [0.15, 0.2) is 0 Å². The molecule has 0 spiro atoms. The highest BCUT2D eigenvalue weighted by Crippen LogP contribution is 2.18. The summed E-state index contributed by atoms with van der Waals surface area (Å²) in [6.07, 6.45) is 4.29. The van der Waals surface area contributed by atoms with E-state index < -0.39 is 0 Å². The highest BCUT2D eigenvalue weighted by atomic mass is 16.3. The van der Waals surface area contributed by atoms with Crippen molar-refractivity contribution < 1.29 is 5.11 Å². The Balaban J connectivity index is 1.89. The minimum absolute atomic E-state index is 0.344. The van der Waals surface area contributed by atoms with Crippen LogP contribution in [-0.2, 0) is 13.6 Å². The molecule has 1 saturated heterocycles. The summed E-state index contributed by atoms with van der Waals surface area (Å²) >= 11 is 0. The SMILES string of the molecule is Cc1cn(C)nc1CN1CCC(CO)CC1. The van der Waals surface area contributed by atoms with E-state index in [1.54, 1.807) is 0 Å². The van der Waals surface area contributed by atoms with E-state index >= 15 is 0 Å². The summed E-state index contributed by atoms with van der Waals surface area (Å²) in [5, 5.41) is 13.5. The van der Waals surface area contributed by atoms with Gasteiger partial charge < -0.3 is 5.11 Å². The van der Waals surface area contributed by atoms with Crippen LogP contribution in [0, 0.1) is 12.8 Å². The molecule has 1 aliphatic rings. The number of rotatable bonds is 3. The Morgan fingerprint density at radius 3 is 2.62 bits per heavy atom. The third-order valence-corrected chi connectivity index (χ3v) is 3.45. The number of aliphatic hydroxyl groups is 1. The molecule has 4 heteroatoms. The summed E-state index contributed by atoms with van der Waals surface area (Å²) in [5.41, 5.74) is 2.46. The van der Waals surface area contributed by atoms with Crippen molar-refractivity contribution in [3.63, 3.8) is 0 Å². The van der Waals surface area contributed by atoms with Gasteiger partial charge in [-0.05, 0) is 44.3 Å². The second-order valence-electron chi connectivity index (χ2n) is 4.83. The molecule has 4 nitrogen and oxygen atoms in total. The quantitative estimate of drug-likeness (QED) is 0.829. The van der Waals surface area contributed by atoms with E-state index in [1.807, 2.05) is 11.7 Å². The summed E-state index contributed by atoms with van der Waals surface area (Å²) in [7, 11) is 1.97. The minimum atomic E-state index is 0.344. The second kappa shape index (κ2) is 4.97. The molecule has 0 amide bonds. The lowest BCUT2D eigenvalue weighted by Crippen LogP contribution is -2.34. The predicted octanol–water partition coefficient (Wildman–Crippen LogP) is 0.933. The highest BCUT2D eigenvalue weighted by molar-refractivity contribution is 5.14. The average Bonchev–Trinajstić information content (AvgIpc) is 2.59. The number of likely N-dealkylation sites (tertiary alicyclic amines) is 1. The van der Waals surface area contributed by atoms with Gasteiger partial charge in [0.05, 0.1) is 5.69 Å². The Morgan fingerprint density at radius 1 is 1.44 bits per heavy atom. The van der Waals surface area contributed by atoms with Crippen molar-refractivity contribution in [1.29, 1.82) is 0 Å². The van der Waals surface area contributed by atoms with Crippen molar-refractivity contribution in [3.8, 4) is 0 Å². The van der Waals surface area contributed by atoms with Gasteiger partial charge in [-0.3, -0.25) is 9.58 Å². The smallest absolute Gasteiger partial charge is 0.0793 e. The number of hydrogen-bond donors (Lipinski definition) is 1. The van der Waals surface area contributed by atoms with Crippen LogP contribution in [0.5, 0.6) is 0 Å². The Bertz CT molecular complexity index is 340. The molecule has 0 radical (unpaired) electrons. The normalized spacial score (nSPS) is 19.2. The highest BCUT2D eigenvalue weighted by Gasteiger charge is 2.19. The lowest BCUT2D eigenvalue weighted by molar-refractivity contribution is 0.126. The Hall–Kier alpha value is -0.870. The molecule has 2 rings (SSSR count). The van der Waals surface area contributed by atoms with Gasteiger partial charge in [-0.15, -0.1) is 0 Å². The monoisotopic (exact) mass is 223 g/mol. The first kappa shape index (κ1) is 11.6. The van der Waals surface area contributed by atoms with E-state index in [9.17, 15) is 0 Å². The van der Waals surface area contributed by atoms with E-state index in [2.05, 4.69) is 23.1 Å². The molecule has 2 heterocycles. The first-order valence-electron chi connectivity index (χ1n) is 6.01. The molecule has 0 atom stereocenters. The van der Waals surface area contributed by atoms with Crippen LogP contribution in [0.2, 0.25) is 0 Å². The topological polar surface area (TPSA) is 41.3 Å². The lowest BCUT2D eigenvalue weighted by atomic mass is 9.98. The van der Waals surface area contributed by atoms with Crippen molar-refractivity contribution in [1.82, 2.24) is 14.7 Å². The molecule has 1 aromatic heterocycles. The molecule has 1 N–H and O–H groups in total. The second-order valence-corrected chi connectivity index (χ2v) is 4.83. The molecule has 1 aromatic rings. The summed E-state index contributed by atoms with van der Waals surface area (Å²) < 4.78 is 1.88. The Morgan fingerprint density at radius 2 is 2.12 bits per heavy atom. The molecule has 16 heavy (non-hydrogen) atoms. The Labute approximate surface area is 96.9 Å². The number of aromatic nitrogens is 2. The Kier molecular flexibility index (Phi) is 3.61.